The fraction of sp³-hybridized carbons (Fsp3) is 0.857. The van der Waals surface area contributed by atoms with E-state index in [2.05, 4.69) is 0 Å². The van der Waals surface area contributed by atoms with Crippen molar-refractivity contribution in [1.82, 2.24) is 0 Å². The van der Waals surface area contributed by atoms with Crippen LogP contribution in [0.15, 0.2) is 0 Å². The standard InChI is InChI=1S/C7H15NO3/c1-3-4-11-5(2)6(8)7(9)10/h5-6H,3-4,8H2,1-2H3,(H,9,10)/t5-,6-/m0/s1. The number of ether oxygens (including phenoxy) is 1. The summed E-state index contributed by atoms with van der Waals surface area (Å²) in [7, 11) is 0. The molecule has 66 valence electrons. The first kappa shape index (κ1) is 10.4. The van der Waals surface area contributed by atoms with Crippen LogP contribution in [0.4, 0.5) is 0 Å². The number of hydrogen-bond acceptors (Lipinski definition) is 3. The smallest absolute Gasteiger partial charge is 0.323 e. The van der Waals surface area contributed by atoms with Gasteiger partial charge in [0.1, 0.15) is 6.04 Å². The molecule has 11 heavy (non-hydrogen) atoms. The van der Waals surface area contributed by atoms with Gasteiger partial charge in [0.15, 0.2) is 0 Å². The van der Waals surface area contributed by atoms with Crippen LogP contribution < -0.4 is 5.73 Å². The molecule has 0 aromatic heterocycles. The van der Waals surface area contributed by atoms with Crippen molar-refractivity contribution >= 4 is 5.97 Å². The third-order valence-electron chi connectivity index (χ3n) is 1.38. The number of carboxylic acid groups (broad SMARTS) is 1. The van der Waals surface area contributed by atoms with Gasteiger partial charge in [0, 0.05) is 6.61 Å². The quantitative estimate of drug-likeness (QED) is 0.604. The van der Waals surface area contributed by atoms with Gasteiger partial charge >= 0.3 is 5.97 Å². The Bertz CT molecular complexity index is 127. The summed E-state index contributed by atoms with van der Waals surface area (Å²) in [4.78, 5) is 10.3. The highest BCUT2D eigenvalue weighted by atomic mass is 16.5. The van der Waals surface area contributed by atoms with E-state index in [9.17, 15) is 4.79 Å². The number of rotatable bonds is 5. The Balaban J connectivity index is 3.63. The first-order valence-corrected chi connectivity index (χ1v) is 3.69. The average molecular weight is 161 g/mol. The summed E-state index contributed by atoms with van der Waals surface area (Å²) >= 11 is 0. The number of carbonyl (C=O) groups is 1. The number of carboxylic acids is 1. The van der Waals surface area contributed by atoms with Crippen LogP contribution in [-0.2, 0) is 9.53 Å². The zero-order chi connectivity index (χ0) is 8.85. The molecule has 0 heterocycles. The maximum absolute atomic E-state index is 10.3. The molecule has 0 fully saturated rings. The number of nitrogens with two attached hydrogens (primary N) is 1. The van der Waals surface area contributed by atoms with Gasteiger partial charge in [0.05, 0.1) is 6.10 Å². The predicted octanol–water partition coefficient (Wildman–Crippen LogP) is 0.213. The summed E-state index contributed by atoms with van der Waals surface area (Å²) in [5.41, 5.74) is 5.28. The fourth-order valence-electron chi connectivity index (χ4n) is 0.608. The molecule has 0 aliphatic carbocycles. The molecular weight excluding hydrogens is 146 g/mol. The second-order valence-corrected chi connectivity index (χ2v) is 2.44. The molecule has 4 nitrogen and oxygen atoms in total. The Morgan fingerprint density at radius 1 is 1.73 bits per heavy atom. The van der Waals surface area contributed by atoms with Gasteiger partial charge in [0.25, 0.3) is 0 Å². The van der Waals surface area contributed by atoms with Crippen molar-refractivity contribution in [3.63, 3.8) is 0 Å². The molecule has 0 radical (unpaired) electrons. The molecule has 0 aliphatic rings. The van der Waals surface area contributed by atoms with E-state index in [0.717, 1.165) is 6.42 Å². The summed E-state index contributed by atoms with van der Waals surface area (Å²) in [6, 6.07) is -0.915. The Labute approximate surface area is 66.3 Å². The van der Waals surface area contributed by atoms with Crippen LogP contribution in [0.1, 0.15) is 20.3 Å². The number of aliphatic carboxylic acids is 1. The summed E-state index contributed by atoms with van der Waals surface area (Å²) in [6.07, 6.45) is 0.462. The molecule has 4 heteroatoms. The maximum Gasteiger partial charge on any atom is 0.323 e. The molecule has 2 atom stereocenters. The van der Waals surface area contributed by atoms with Gasteiger partial charge in [-0.15, -0.1) is 0 Å². The van der Waals surface area contributed by atoms with Crippen LogP contribution in [0.25, 0.3) is 0 Å². The second kappa shape index (κ2) is 5.09. The third-order valence-corrected chi connectivity index (χ3v) is 1.38. The first-order chi connectivity index (χ1) is 5.09. The molecule has 0 saturated heterocycles. The highest BCUT2D eigenvalue weighted by Gasteiger charge is 2.19. The van der Waals surface area contributed by atoms with E-state index in [1.54, 1.807) is 6.92 Å². The lowest BCUT2D eigenvalue weighted by Gasteiger charge is -2.15. The molecule has 0 amide bonds. The Morgan fingerprint density at radius 2 is 2.27 bits per heavy atom. The van der Waals surface area contributed by atoms with Crippen LogP contribution in [0, 0.1) is 0 Å². The molecule has 0 bridgehead atoms. The van der Waals surface area contributed by atoms with Gasteiger partial charge in [-0.25, -0.2) is 0 Å². The molecular formula is C7H15NO3. The number of hydrogen-bond donors (Lipinski definition) is 2. The van der Waals surface area contributed by atoms with Gasteiger partial charge in [-0.2, -0.15) is 0 Å². The van der Waals surface area contributed by atoms with Crippen LogP contribution in [-0.4, -0.2) is 29.8 Å². The van der Waals surface area contributed by atoms with Crippen molar-refractivity contribution in [3.8, 4) is 0 Å². The molecule has 0 unspecified atom stereocenters. The van der Waals surface area contributed by atoms with E-state index < -0.39 is 18.1 Å². The lowest BCUT2D eigenvalue weighted by Crippen LogP contribution is -2.41. The molecule has 0 aliphatic heterocycles. The van der Waals surface area contributed by atoms with Crippen LogP contribution in [0.5, 0.6) is 0 Å². The Kier molecular flexibility index (Phi) is 4.81. The third kappa shape index (κ3) is 3.95. The lowest BCUT2D eigenvalue weighted by atomic mass is 10.2. The monoisotopic (exact) mass is 161 g/mol. The van der Waals surface area contributed by atoms with Crippen LogP contribution in [0.2, 0.25) is 0 Å². The summed E-state index contributed by atoms with van der Waals surface area (Å²) in [5, 5.41) is 8.45. The largest absolute Gasteiger partial charge is 0.480 e. The lowest BCUT2D eigenvalue weighted by molar-refractivity contribution is -0.142. The summed E-state index contributed by atoms with van der Waals surface area (Å²) in [5.74, 6) is -1.02. The SMILES string of the molecule is CCCO[C@@H](C)[C@H](N)C(=O)O. The minimum Gasteiger partial charge on any atom is -0.480 e. The zero-order valence-corrected chi connectivity index (χ0v) is 6.91. The summed E-state index contributed by atoms with van der Waals surface area (Å²) < 4.78 is 5.11. The molecule has 0 saturated carbocycles. The van der Waals surface area contributed by atoms with Crippen molar-refractivity contribution in [2.75, 3.05) is 6.61 Å². The van der Waals surface area contributed by atoms with E-state index in [1.165, 1.54) is 0 Å². The molecule has 0 aromatic rings. The second-order valence-electron chi connectivity index (χ2n) is 2.44. The predicted molar refractivity (Wildman–Crippen MR) is 41.3 cm³/mol. The van der Waals surface area contributed by atoms with Gasteiger partial charge in [-0.05, 0) is 13.3 Å². The topological polar surface area (TPSA) is 72.5 Å². The van der Waals surface area contributed by atoms with E-state index in [1.807, 2.05) is 6.92 Å². The normalized spacial score (nSPS) is 15.9. The Morgan fingerprint density at radius 3 is 2.64 bits per heavy atom. The molecule has 3 N–H and O–H groups in total. The van der Waals surface area contributed by atoms with Gasteiger partial charge < -0.3 is 15.6 Å². The summed E-state index contributed by atoms with van der Waals surface area (Å²) in [6.45, 7) is 4.18. The zero-order valence-electron chi connectivity index (χ0n) is 6.91. The van der Waals surface area contributed by atoms with Gasteiger partial charge in [-0.1, -0.05) is 6.92 Å². The van der Waals surface area contributed by atoms with Crippen molar-refractivity contribution in [3.05, 3.63) is 0 Å². The minimum absolute atomic E-state index is 0.410. The fourth-order valence-corrected chi connectivity index (χ4v) is 0.608. The van der Waals surface area contributed by atoms with Crippen molar-refractivity contribution in [2.45, 2.75) is 32.4 Å². The van der Waals surface area contributed by atoms with E-state index in [-0.39, 0.29) is 0 Å². The van der Waals surface area contributed by atoms with Crippen LogP contribution in [0.3, 0.4) is 0 Å². The highest BCUT2D eigenvalue weighted by molar-refractivity contribution is 5.73. The van der Waals surface area contributed by atoms with E-state index in [4.69, 9.17) is 15.6 Å². The first-order valence-electron chi connectivity index (χ1n) is 3.69. The molecule has 0 aromatic carbocycles. The van der Waals surface area contributed by atoms with Gasteiger partial charge in [-0.3, -0.25) is 4.79 Å². The average Bonchev–Trinajstić information content (AvgIpc) is 1.98. The van der Waals surface area contributed by atoms with E-state index >= 15 is 0 Å². The van der Waals surface area contributed by atoms with E-state index in [0.29, 0.717) is 6.61 Å². The highest BCUT2D eigenvalue weighted by Crippen LogP contribution is 1.96. The van der Waals surface area contributed by atoms with Crippen LogP contribution >= 0.6 is 0 Å². The minimum atomic E-state index is -1.02. The van der Waals surface area contributed by atoms with Crippen molar-refractivity contribution in [2.24, 2.45) is 5.73 Å². The Hall–Kier alpha value is -0.610. The maximum atomic E-state index is 10.3. The van der Waals surface area contributed by atoms with Gasteiger partial charge in [0.2, 0.25) is 0 Å². The van der Waals surface area contributed by atoms with Crippen molar-refractivity contribution in [1.29, 1.82) is 0 Å². The molecule has 0 spiro atoms. The van der Waals surface area contributed by atoms with Crippen molar-refractivity contribution < 1.29 is 14.6 Å². The molecule has 0 rings (SSSR count).